The first-order valence-electron chi connectivity index (χ1n) is 4.76. The summed E-state index contributed by atoms with van der Waals surface area (Å²) in [7, 11) is 0. The van der Waals surface area contributed by atoms with E-state index >= 15 is 0 Å². The number of unbranched alkanes of at least 4 members (excludes halogenated alkanes) is 1. The highest BCUT2D eigenvalue weighted by molar-refractivity contribution is 6.34. The van der Waals surface area contributed by atoms with E-state index < -0.39 is 11.7 Å². The second-order valence-corrected chi connectivity index (χ2v) is 3.50. The molecule has 0 unspecified atom stereocenters. The zero-order valence-corrected chi connectivity index (χ0v) is 9.22. The van der Waals surface area contributed by atoms with E-state index in [0.29, 0.717) is 19.4 Å². The molecule has 0 atom stereocenters. The van der Waals surface area contributed by atoms with E-state index in [-0.39, 0.29) is 10.6 Å². The molecule has 0 aliphatic heterocycles. The number of carbonyl (C=O) groups excluding carboxylic acids is 1. The fraction of sp³-hybridized carbons (Fsp3) is 0.273. The Hall–Kier alpha value is -1.60. The van der Waals surface area contributed by atoms with Gasteiger partial charge in [0.1, 0.15) is 5.82 Å². The van der Waals surface area contributed by atoms with E-state index in [0.717, 1.165) is 0 Å². The van der Waals surface area contributed by atoms with Gasteiger partial charge in [-0.05, 0) is 18.6 Å². The molecule has 0 saturated carbocycles. The van der Waals surface area contributed by atoms with Gasteiger partial charge in [0.05, 0.1) is 16.7 Å². The summed E-state index contributed by atoms with van der Waals surface area (Å²) in [6, 6.07) is 6.03. The molecule has 0 saturated heterocycles. The van der Waals surface area contributed by atoms with Crippen LogP contribution in [0.15, 0.2) is 18.2 Å². The first-order valence-corrected chi connectivity index (χ1v) is 5.13. The summed E-state index contributed by atoms with van der Waals surface area (Å²) in [6.07, 6.45) is 0.937. The summed E-state index contributed by atoms with van der Waals surface area (Å²) < 4.78 is 13.0. The minimum absolute atomic E-state index is 0.110. The van der Waals surface area contributed by atoms with Crippen molar-refractivity contribution in [3.8, 4) is 6.07 Å². The summed E-state index contributed by atoms with van der Waals surface area (Å²) in [5.74, 6) is -1.05. The Morgan fingerprint density at radius 3 is 3.00 bits per heavy atom. The molecule has 0 bridgehead atoms. The van der Waals surface area contributed by atoms with Crippen molar-refractivity contribution in [2.75, 3.05) is 6.54 Å². The number of carbonyl (C=O) groups is 1. The van der Waals surface area contributed by atoms with E-state index in [4.69, 9.17) is 16.9 Å². The number of hydrogen-bond donors (Lipinski definition) is 1. The lowest BCUT2D eigenvalue weighted by Gasteiger charge is -2.05. The molecule has 5 heteroatoms. The molecule has 16 heavy (non-hydrogen) atoms. The first-order chi connectivity index (χ1) is 7.66. The number of amides is 1. The van der Waals surface area contributed by atoms with Crippen LogP contribution in [0.4, 0.5) is 4.39 Å². The minimum atomic E-state index is -0.619. The number of hydrogen-bond acceptors (Lipinski definition) is 2. The molecule has 3 nitrogen and oxygen atoms in total. The van der Waals surface area contributed by atoms with Gasteiger partial charge in [0, 0.05) is 13.0 Å². The molecule has 1 rings (SSSR count). The zero-order valence-electron chi connectivity index (χ0n) is 8.46. The molecule has 0 aromatic heterocycles. The Morgan fingerprint density at radius 2 is 2.31 bits per heavy atom. The Kier molecular flexibility index (Phi) is 4.74. The van der Waals surface area contributed by atoms with Crippen LogP contribution in [0, 0.1) is 17.1 Å². The van der Waals surface area contributed by atoms with E-state index in [1.165, 1.54) is 18.2 Å². The van der Waals surface area contributed by atoms with Crippen molar-refractivity contribution in [1.82, 2.24) is 5.32 Å². The van der Waals surface area contributed by atoms with Crippen molar-refractivity contribution in [1.29, 1.82) is 5.26 Å². The van der Waals surface area contributed by atoms with E-state index in [1.807, 2.05) is 6.07 Å². The molecule has 0 radical (unpaired) electrons. The van der Waals surface area contributed by atoms with E-state index in [2.05, 4.69) is 5.32 Å². The zero-order chi connectivity index (χ0) is 12.0. The van der Waals surface area contributed by atoms with Gasteiger partial charge in [0.2, 0.25) is 0 Å². The van der Waals surface area contributed by atoms with Crippen LogP contribution in [-0.4, -0.2) is 12.5 Å². The molecule has 0 aliphatic rings. The Morgan fingerprint density at radius 1 is 1.56 bits per heavy atom. The largest absolute Gasteiger partial charge is 0.352 e. The molecule has 0 spiro atoms. The number of nitrogens with one attached hydrogen (secondary N) is 1. The Balaban J connectivity index is 2.60. The maximum atomic E-state index is 13.0. The van der Waals surface area contributed by atoms with Gasteiger partial charge < -0.3 is 5.32 Å². The lowest BCUT2D eigenvalue weighted by Crippen LogP contribution is -2.24. The van der Waals surface area contributed by atoms with Crippen molar-refractivity contribution in [2.24, 2.45) is 0 Å². The normalized spacial score (nSPS) is 9.56. The lowest BCUT2D eigenvalue weighted by molar-refractivity contribution is 0.0953. The second-order valence-electron chi connectivity index (χ2n) is 3.12. The quantitative estimate of drug-likeness (QED) is 0.823. The van der Waals surface area contributed by atoms with E-state index in [9.17, 15) is 9.18 Å². The fourth-order valence-corrected chi connectivity index (χ4v) is 1.36. The number of halogens is 2. The topological polar surface area (TPSA) is 52.9 Å². The van der Waals surface area contributed by atoms with Gasteiger partial charge in [-0.3, -0.25) is 4.79 Å². The fourth-order valence-electron chi connectivity index (χ4n) is 1.14. The molecule has 0 aliphatic carbocycles. The number of nitriles is 1. The molecule has 0 fully saturated rings. The molecule has 84 valence electrons. The predicted molar refractivity (Wildman–Crippen MR) is 58.6 cm³/mol. The summed E-state index contributed by atoms with van der Waals surface area (Å²) >= 11 is 5.64. The highest BCUT2D eigenvalue weighted by Crippen LogP contribution is 2.19. The third-order valence-electron chi connectivity index (χ3n) is 1.95. The van der Waals surface area contributed by atoms with Crippen molar-refractivity contribution in [3.63, 3.8) is 0 Å². The third-order valence-corrected chi connectivity index (χ3v) is 2.33. The van der Waals surface area contributed by atoms with Crippen molar-refractivity contribution in [2.45, 2.75) is 12.8 Å². The van der Waals surface area contributed by atoms with Gasteiger partial charge in [-0.1, -0.05) is 17.7 Å². The lowest BCUT2D eigenvalue weighted by atomic mass is 10.2. The summed E-state index contributed by atoms with van der Waals surface area (Å²) in [6.45, 7) is 0.374. The first kappa shape index (κ1) is 12.5. The van der Waals surface area contributed by atoms with Crippen molar-refractivity contribution in [3.05, 3.63) is 34.6 Å². The van der Waals surface area contributed by atoms with Crippen LogP contribution in [0.25, 0.3) is 0 Å². The minimum Gasteiger partial charge on any atom is -0.352 e. The predicted octanol–water partition coefficient (Wildman–Crippen LogP) is 2.51. The molecular weight excluding hydrogens is 231 g/mol. The number of rotatable bonds is 4. The maximum Gasteiger partial charge on any atom is 0.252 e. The summed E-state index contributed by atoms with van der Waals surface area (Å²) in [5, 5.41) is 10.7. The molecule has 1 aromatic carbocycles. The average molecular weight is 241 g/mol. The van der Waals surface area contributed by atoms with Gasteiger partial charge in [0.15, 0.2) is 0 Å². The van der Waals surface area contributed by atoms with Gasteiger partial charge >= 0.3 is 0 Å². The Bertz CT molecular complexity index is 428. The highest BCUT2D eigenvalue weighted by atomic mass is 35.5. The van der Waals surface area contributed by atoms with Gasteiger partial charge in [-0.15, -0.1) is 0 Å². The molecule has 1 N–H and O–H groups in total. The summed E-state index contributed by atoms with van der Waals surface area (Å²) in [4.78, 5) is 11.5. The number of benzene rings is 1. The van der Waals surface area contributed by atoms with Crippen LogP contribution in [0.1, 0.15) is 23.2 Å². The van der Waals surface area contributed by atoms with Gasteiger partial charge in [-0.25, -0.2) is 4.39 Å². The van der Waals surface area contributed by atoms with Crippen LogP contribution >= 0.6 is 11.6 Å². The third kappa shape index (κ3) is 3.21. The smallest absolute Gasteiger partial charge is 0.252 e. The maximum absolute atomic E-state index is 13.0. The molecule has 0 heterocycles. The van der Waals surface area contributed by atoms with E-state index in [1.54, 1.807) is 0 Å². The molecular formula is C11H10ClFN2O. The monoisotopic (exact) mass is 240 g/mol. The Labute approximate surface area is 97.8 Å². The van der Waals surface area contributed by atoms with Gasteiger partial charge in [-0.2, -0.15) is 5.26 Å². The van der Waals surface area contributed by atoms with Crippen molar-refractivity contribution >= 4 is 17.5 Å². The second kappa shape index (κ2) is 6.09. The van der Waals surface area contributed by atoms with Crippen LogP contribution in [0.2, 0.25) is 5.02 Å². The van der Waals surface area contributed by atoms with Gasteiger partial charge in [0.25, 0.3) is 5.91 Å². The standard InChI is InChI=1S/C11H10ClFN2O/c12-10-8(4-3-5-9(10)13)11(16)15-7-2-1-6-14/h3-5H,1-2,7H2,(H,15,16). The van der Waals surface area contributed by atoms with Crippen LogP contribution in [0.5, 0.6) is 0 Å². The van der Waals surface area contributed by atoms with Crippen molar-refractivity contribution < 1.29 is 9.18 Å². The SMILES string of the molecule is N#CCCCNC(=O)c1cccc(F)c1Cl. The highest BCUT2D eigenvalue weighted by Gasteiger charge is 2.12. The molecule has 1 amide bonds. The number of nitrogens with zero attached hydrogens (tertiary/aromatic N) is 1. The van der Waals surface area contributed by atoms with Crippen LogP contribution in [-0.2, 0) is 0 Å². The van der Waals surface area contributed by atoms with Crippen LogP contribution in [0.3, 0.4) is 0 Å². The van der Waals surface area contributed by atoms with Crippen LogP contribution < -0.4 is 5.32 Å². The molecule has 1 aromatic rings. The summed E-state index contributed by atoms with van der Waals surface area (Å²) in [5.41, 5.74) is 0.110. The average Bonchev–Trinajstić information content (AvgIpc) is 2.28.